The molecule has 0 radical (unpaired) electrons. The van der Waals surface area contributed by atoms with Crippen LogP contribution in [0.5, 0.6) is 0 Å². The first-order valence-electron chi connectivity index (χ1n) is 20.5. The van der Waals surface area contributed by atoms with Crippen LogP contribution in [0.2, 0.25) is 0 Å². The van der Waals surface area contributed by atoms with Gasteiger partial charge in [0.05, 0.1) is 17.1 Å². The summed E-state index contributed by atoms with van der Waals surface area (Å²) in [5, 5.41) is 9.06. The average molecular weight is 878 g/mol. The molecule has 0 spiro atoms. The Hall–Kier alpha value is -3.44. The first-order chi connectivity index (χ1) is 28.8. The number of nitrogens with zero attached hydrogens (tertiary/aromatic N) is 5. The van der Waals surface area contributed by atoms with Gasteiger partial charge >= 0.3 is 6.18 Å². The highest BCUT2D eigenvalue weighted by Gasteiger charge is 2.33. The standard InChI is InChI=1S/C23H25F3N2OS.C23H29N3O2S2/c24-23(25,26)17-7-8-22-20(16-17)18(19-4-1-2-6-21(19)30-22)5-3-9-27-10-12-28(13-11-27)14-15-29;1-24(2)30(27,28)18-10-11-23-21(17-18)19(20-7-4-5-9-22(20)29-23)8-6-12-26-15-13-25(3)14-16-26/h1-2,4-8,16,29H,3,9-15H2;4-5,7-11,17H,6,12-16H2,1-3H3/b18-5-;19-8-. The lowest BCUT2D eigenvalue weighted by Crippen LogP contribution is -2.47. The maximum atomic E-state index is 13.3. The first-order valence-corrected chi connectivity index (χ1v) is 23.6. The van der Waals surface area contributed by atoms with Crippen molar-refractivity contribution in [1.82, 2.24) is 23.9 Å². The third kappa shape index (κ3) is 10.6. The molecule has 8 nitrogen and oxygen atoms in total. The van der Waals surface area contributed by atoms with Gasteiger partial charge in [-0.3, -0.25) is 4.90 Å². The van der Waals surface area contributed by atoms with E-state index in [1.54, 1.807) is 38.0 Å². The molecule has 4 heterocycles. The van der Waals surface area contributed by atoms with E-state index in [1.807, 2.05) is 36.4 Å². The van der Waals surface area contributed by atoms with Gasteiger partial charge in [-0.2, -0.15) is 13.2 Å². The van der Waals surface area contributed by atoms with Crippen LogP contribution in [0.3, 0.4) is 0 Å². The van der Waals surface area contributed by atoms with E-state index in [4.69, 9.17) is 5.11 Å². The predicted octanol–water partition coefficient (Wildman–Crippen LogP) is 8.07. The second kappa shape index (κ2) is 19.7. The summed E-state index contributed by atoms with van der Waals surface area (Å²) < 4.78 is 66.6. The van der Waals surface area contributed by atoms with Crippen LogP contribution >= 0.6 is 23.5 Å². The number of hydrogen-bond donors (Lipinski definition) is 1. The highest BCUT2D eigenvalue weighted by atomic mass is 32.2. The van der Waals surface area contributed by atoms with Crippen LogP contribution in [0, 0.1) is 0 Å². The minimum Gasteiger partial charge on any atom is -0.395 e. The summed E-state index contributed by atoms with van der Waals surface area (Å²) in [7, 11) is 1.85. The molecule has 4 aromatic carbocycles. The summed E-state index contributed by atoms with van der Waals surface area (Å²) in [6.45, 7) is 11.0. The van der Waals surface area contributed by atoms with E-state index in [2.05, 4.69) is 63.1 Å². The molecular weight excluding hydrogens is 824 g/mol. The zero-order valence-corrected chi connectivity index (χ0v) is 36.9. The summed E-state index contributed by atoms with van der Waals surface area (Å²) in [6, 6.07) is 25.9. The van der Waals surface area contributed by atoms with Gasteiger partial charge in [0.25, 0.3) is 0 Å². The van der Waals surface area contributed by atoms with Crippen LogP contribution < -0.4 is 0 Å². The van der Waals surface area contributed by atoms with Crippen molar-refractivity contribution in [1.29, 1.82) is 0 Å². The summed E-state index contributed by atoms with van der Waals surface area (Å²) in [5.41, 5.74) is 5.30. The SMILES string of the molecule is CN1CCN(CC/C=C2/c3ccccc3Sc3ccc(S(=O)(=O)N(C)C)cc32)CC1.OCCN1CCN(CC/C=C2/c3ccccc3Sc3ccc(C(F)(F)F)cc32)CC1. The topological polar surface area (TPSA) is 70.6 Å². The molecule has 0 amide bonds. The lowest BCUT2D eigenvalue weighted by atomic mass is 9.94. The highest BCUT2D eigenvalue weighted by Crippen LogP contribution is 2.48. The molecule has 4 aromatic rings. The van der Waals surface area contributed by atoms with Crippen LogP contribution in [-0.2, 0) is 16.2 Å². The zero-order valence-electron chi connectivity index (χ0n) is 34.5. The fourth-order valence-corrected chi connectivity index (χ4v) is 11.0. The van der Waals surface area contributed by atoms with Crippen molar-refractivity contribution >= 4 is 44.7 Å². The van der Waals surface area contributed by atoms with Gasteiger partial charge in [0.15, 0.2) is 0 Å². The van der Waals surface area contributed by atoms with Crippen molar-refractivity contribution < 1.29 is 26.7 Å². The number of halogens is 3. The Balaban J connectivity index is 0.000000181. The molecular formula is C46H54F3N5O3S3. The monoisotopic (exact) mass is 877 g/mol. The summed E-state index contributed by atoms with van der Waals surface area (Å²) >= 11 is 3.24. The number of alkyl halides is 3. The number of benzene rings is 4. The number of sulfonamides is 1. The van der Waals surface area contributed by atoms with Crippen molar-refractivity contribution in [3.8, 4) is 0 Å². The molecule has 0 saturated carbocycles. The van der Waals surface area contributed by atoms with Gasteiger partial charge in [0.1, 0.15) is 0 Å². The number of aliphatic hydroxyl groups excluding tert-OH is 1. The van der Waals surface area contributed by atoms with E-state index in [0.717, 1.165) is 115 Å². The molecule has 0 bridgehead atoms. The molecule has 320 valence electrons. The number of aliphatic hydroxyl groups is 1. The fraction of sp³-hybridized carbons (Fsp3) is 0.391. The molecule has 0 atom stereocenters. The molecule has 60 heavy (non-hydrogen) atoms. The number of fused-ring (bicyclic) bond motifs is 4. The van der Waals surface area contributed by atoms with Gasteiger partial charge in [-0.1, -0.05) is 72.1 Å². The molecule has 4 aliphatic rings. The van der Waals surface area contributed by atoms with Gasteiger partial charge in [-0.25, -0.2) is 12.7 Å². The van der Waals surface area contributed by atoms with E-state index in [0.29, 0.717) is 17.0 Å². The maximum Gasteiger partial charge on any atom is 0.416 e. The summed E-state index contributed by atoms with van der Waals surface area (Å²) in [5.74, 6) is 0. The lowest BCUT2D eigenvalue weighted by molar-refractivity contribution is -0.137. The van der Waals surface area contributed by atoms with Crippen LogP contribution in [0.1, 0.15) is 40.7 Å². The molecule has 2 fully saturated rings. The number of β-amino-alcohol motifs (C(OH)–C–C–N with tert-alkyl or cyclic N) is 1. The van der Waals surface area contributed by atoms with Crippen LogP contribution in [0.25, 0.3) is 11.1 Å². The molecule has 14 heteroatoms. The second-order valence-electron chi connectivity index (χ2n) is 15.7. The lowest BCUT2D eigenvalue weighted by Gasteiger charge is -2.34. The molecule has 0 aliphatic carbocycles. The second-order valence-corrected chi connectivity index (χ2v) is 20.0. The van der Waals surface area contributed by atoms with Gasteiger partial charge < -0.3 is 19.8 Å². The number of likely N-dealkylation sites (N-methyl/N-ethyl adjacent to an activating group) is 1. The quantitative estimate of drug-likeness (QED) is 0.147. The first kappa shape index (κ1) is 44.6. The Morgan fingerprint density at radius 3 is 1.58 bits per heavy atom. The summed E-state index contributed by atoms with van der Waals surface area (Å²) in [4.78, 5) is 14.1. The predicted molar refractivity (Wildman–Crippen MR) is 237 cm³/mol. The van der Waals surface area contributed by atoms with Crippen LogP contribution in [0.15, 0.2) is 122 Å². The highest BCUT2D eigenvalue weighted by molar-refractivity contribution is 7.99. The van der Waals surface area contributed by atoms with E-state index in [9.17, 15) is 21.6 Å². The Labute approximate surface area is 361 Å². The van der Waals surface area contributed by atoms with Crippen molar-refractivity contribution in [2.24, 2.45) is 0 Å². The Kier molecular flexibility index (Phi) is 14.7. The molecule has 8 rings (SSSR count). The minimum absolute atomic E-state index is 0.183. The number of rotatable bonds is 10. The Bertz CT molecular complexity index is 2300. The fourth-order valence-electron chi connectivity index (χ4n) is 7.94. The smallest absolute Gasteiger partial charge is 0.395 e. The number of hydrogen-bond acceptors (Lipinski definition) is 9. The van der Waals surface area contributed by atoms with Gasteiger partial charge in [-0.05, 0) is 102 Å². The third-order valence-electron chi connectivity index (χ3n) is 11.5. The van der Waals surface area contributed by atoms with Gasteiger partial charge in [0.2, 0.25) is 10.0 Å². The minimum atomic E-state index is -4.35. The van der Waals surface area contributed by atoms with Gasteiger partial charge in [-0.15, -0.1) is 0 Å². The molecule has 4 aliphatic heterocycles. The molecule has 1 N–H and O–H groups in total. The van der Waals surface area contributed by atoms with Crippen molar-refractivity contribution in [3.05, 3.63) is 125 Å². The van der Waals surface area contributed by atoms with Crippen LogP contribution in [0.4, 0.5) is 13.2 Å². The Morgan fingerprint density at radius 2 is 1.08 bits per heavy atom. The van der Waals surface area contributed by atoms with Crippen LogP contribution in [-0.4, -0.2) is 137 Å². The third-order valence-corrected chi connectivity index (χ3v) is 15.6. The van der Waals surface area contributed by atoms with E-state index in [-0.39, 0.29) is 6.61 Å². The largest absolute Gasteiger partial charge is 0.416 e. The van der Waals surface area contributed by atoms with Gasteiger partial charge in [0, 0.05) is 106 Å². The molecule has 0 unspecified atom stereocenters. The van der Waals surface area contributed by atoms with E-state index in [1.165, 1.54) is 38.7 Å². The average Bonchev–Trinajstić information content (AvgIpc) is 3.24. The maximum absolute atomic E-state index is 13.3. The molecule has 2 saturated heterocycles. The van der Waals surface area contributed by atoms with Crippen molar-refractivity contribution in [2.75, 3.05) is 99.7 Å². The normalized spacial score (nSPS) is 19.1. The summed E-state index contributed by atoms with van der Waals surface area (Å²) in [6.07, 6.45) is 1.77. The number of piperazine rings is 2. The Morgan fingerprint density at radius 1 is 0.633 bits per heavy atom. The zero-order chi connectivity index (χ0) is 42.4. The molecule has 0 aromatic heterocycles. The van der Waals surface area contributed by atoms with Crippen molar-refractivity contribution in [2.45, 2.75) is 43.5 Å². The van der Waals surface area contributed by atoms with E-state index < -0.39 is 21.8 Å². The van der Waals surface area contributed by atoms with E-state index >= 15 is 0 Å². The van der Waals surface area contributed by atoms with Crippen molar-refractivity contribution in [3.63, 3.8) is 0 Å².